The number of ether oxygens (including phenoxy) is 1. The topological polar surface area (TPSA) is 119 Å². The first-order chi connectivity index (χ1) is 13.1. The molecule has 0 saturated heterocycles. The summed E-state index contributed by atoms with van der Waals surface area (Å²) >= 11 is 0. The Morgan fingerprint density at radius 2 is 2.22 bits per heavy atom. The Labute approximate surface area is 150 Å². The molecule has 0 amide bonds. The maximum Gasteiger partial charge on any atom is 0.324 e. The van der Waals surface area contributed by atoms with Gasteiger partial charge in [0, 0.05) is 18.3 Å². The second-order valence-electron chi connectivity index (χ2n) is 5.70. The zero-order chi connectivity index (χ0) is 18.8. The van der Waals surface area contributed by atoms with Gasteiger partial charge in [-0.05, 0) is 24.3 Å². The first-order valence-corrected chi connectivity index (χ1v) is 7.90. The molecule has 12 heteroatoms. The lowest BCUT2D eigenvalue weighted by Crippen LogP contribution is -2.23. The molecule has 0 unspecified atom stereocenters. The molecular weight excluding hydrogens is 360 g/mol. The summed E-state index contributed by atoms with van der Waals surface area (Å²) in [7, 11) is 0. The zero-order valence-corrected chi connectivity index (χ0v) is 14.0. The highest BCUT2D eigenvalue weighted by molar-refractivity contribution is 5.86. The van der Waals surface area contributed by atoms with Gasteiger partial charge in [0.2, 0.25) is 0 Å². The minimum Gasteiger partial charge on any atom is -0.421 e. The highest BCUT2D eigenvalue weighted by atomic mass is 19.1. The van der Waals surface area contributed by atoms with Crippen LogP contribution in [0, 0.1) is 11.6 Å². The molecule has 0 fully saturated rings. The van der Waals surface area contributed by atoms with Crippen molar-refractivity contribution in [3.05, 3.63) is 42.4 Å². The number of anilines is 1. The minimum absolute atomic E-state index is 0.0464. The molecular formula is C15H13F2N9O. The normalized spacial score (nSPS) is 12.3. The number of rotatable bonds is 6. The summed E-state index contributed by atoms with van der Waals surface area (Å²) in [6.45, 7) is 2.42. The minimum atomic E-state index is -0.846. The Kier molecular flexibility index (Phi) is 4.28. The quantitative estimate of drug-likeness (QED) is 0.526. The van der Waals surface area contributed by atoms with Gasteiger partial charge in [-0.1, -0.05) is 0 Å². The van der Waals surface area contributed by atoms with Gasteiger partial charge in [0.25, 0.3) is 0 Å². The predicted molar refractivity (Wildman–Crippen MR) is 89.0 cm³/mol. The molecule has 0 aliphatic heterocycles. The van der Waals surface area contributed by atoms with Crippen molar-refractivity contribution in [2.24, 2.45) is 0 Å². The summed E-state index contributed by atoms with van der Waals surface area (Å²) in [5, 5.41) is 22.1. The van der Waals surface area contributed by atoms with Gasteiger partial charge < -0.3 is 10.1 Å². The first kappa shape index (κ1) is 16.8. The van der Waals surface area contributed by atoms with Crippen LogP contribution >= 0.6 is 0 Å². The van der Waals surface area contributed by atoms with Gasteiger partial charge in [-0.2, -0.15) is 14.9 Å². The molecule has 0 spiro atoms. The van der Waals surface area contributed by atoms with Crippen molar-refractivity contribution in [2.45, 2.75) is 19.5 Å². The fourth-order valence-corrected chi connectivity index (χ4v) is 2.40. The molecule has 27 heavy (non-hydrogen) atoms. The molecule has 0 aliphatic rings. The smallest absolute Gasteiger partial charge is 0.324 e. The highest BCUT2D eigenvalue weighted by Crippen LogP contribution is 2.25. The number of nitrogens with one attached hydrogen (secondary N) is 2. The summed E-state index contributed by atoms with van der Waals surface area (Å²) in [6.07, 6.45) is 2.85. The van der Waals surface area contributed by atoms with Gasteiger partial charge in [-0.25, -0.2) is 13.8 Å². The lowest BCUT2D eigenvalue weighted by Gasteiger charge is -2.11. The predicted octanol–water partition coefficient (Wildman–Crippen LogP) is 1.91. The fraction of sp³-hybridized carbons (Fsp3) is 0.200. The van der Waals surface area contributed by atoms with Crippen LogP contribution in [0.1, 0.15) is 6.92 Å². The number of H-pyrrole nitrogens is 1. The van der Waals surface area contributed by atoms with Gasteiger partial charge in [-0.15, -0.1) is 10.2 Å². The number of nitrogens with zero attached hydrogens (tertiary/aromatic N) is 7. The maximum absolute atomic E-state index is 13.7. The molecule has 2 N–H and O–H groups in total. The van der Waals surface area contributed by atoms with E-state index < -0.39 is 11.6 Å². The maximum atomic E-state index is 13.7. The van der Waals surface area contributed by atoms with E-state index in [1.165, 1.54) is 17.3 Å². The molecule has 138 valence electrons. The number of hydrogen-bond acceptors (Lipinski definition) is 8. The van der Waals surface area contributed by atoms with Gasteiger partial charge in [0.15, 0.2) is 29.4 Å². The van der Waals surface area contributed by atoms with Crippen molar-refractivity contribution in [2.75, 3.05) is 5.32 Å². The SMILES string of the molecule is C[C@H](Cn1ncnn1)Nc1n[nH]c2nc(Oc3ccc(F)cc3F)ncc12. The lowest BCUT2D eigenvalue weighted by atomic mass is 10.3. The van der Waals surface area contributed by atoms with Crippen molar-refractivity contribution in [3.63, 3.8) is 0 Å². The van der Waals surface area contributed by atoms with Crippen LogP contribution in [0.4, 0.5) is 14.6 Å². The van der Waals surface area contributed by atoms with E-state index in [1.807, 2.05) is 6.92 Å². The van der Waals surface area contributed by atoms with Crippen LogP contribution in [0.5, 0.6) is 11.8 Å². The van der Waals surface area contributed by atoms with Crippen LogP contribution < -0.4 is 10.1 Å². The second kappa shape index (κ2) is 6.90. The third-order valence-electron chi connectivity index (χ3n) is 3.60. The average Bonchev–Trinajstić information content (AvgIpc) is 3.27. The van der Waals surface area contributed by atoms with Crippen molar-refractivity contribution < 1.29 is 13.5 Å². The Balaban J connectivity index is 1.51. The van der Waals surface area contributed by atoms with E-state index in [-0.39, 0.29) is 17.8 Å². The molecule has 0 aliphatic carbocycles. The van der Waals surface area contributed by atoms with E-state index in [0.717, 1.165) is 18.2 Å². The Morgan fingerprint density at radius 1 is 1.33 bits per heavy atom. The Bertz CT molecular complexity index is 1070. The Morgan fingerprint density at radius 3 is 3.00 bits per heavy atom. The van der Waals surface area contributed by atoms with Crippen molar-refractivity contribution >= 4 is 16.9 Å². The fourth-order valence-electron chi connectivity index (χ4n) is 2.40. The first-order valence-electron chi connectivity index (χ1n) is 7.90. The monoisotopic (exact) mass is 373 g/mol. The third-order valence-corrected chi connectivity index (χ3v) is 3.60. The summed E-state index contributed by atoms with van der Waals surface area (Å²) in [5.74, 6) is -1.18. The molecule has 10 nitrogen and oxygen atoms in total. The second-order valence-corrected chi connectivity index (χ2v) is 5.70. The van der Waals surface area contributed by atoms with Gasteiger partial charge in [0.05, 0.1) is 11.9 Å². The molecule has 0 bridgehead atoms. The molecule has 1 aromatic carbocycles. The van der Waals surface area contributed by atoms with E-state index in [4.69, 9.17) is 4.74 Å². The number of aromatic amines is 1. The van der Waals surface area contributed by atoms with Crippen LogP contribution in [-0.4, -0.2) is 46.4 Å². The van der Waals surface area contributed by atoms with Crippen LogP contribution in [0.15, 0.2) is 30.7 Å². The summed E-state index contributed by atoms with van der Waals surface area (Å²) < 4.78 is 31.9. The van der Waals surface area contributed by atoms with Crippen molar-refractivity contribution in [1.82, 2.24) is 40.4 Å². The van der Waals surface area contributed by atoms with E-state index >= 15 is 0 Å². The van der Waals surface area contributed by atoms with E-state index in [1.54, 1.807) is 0 Å². The molecule has 4 rings (SSSR count). The molecule has 3 heterocycles. The van der Waals surface area contributed by atoms with E-state index in [0.29, 0.717) is 23.4 Å². The van der Waals surface area contributed by atoms with Crippen LogP contribution in [-0.2, 0) is 6.54 Å². The average molecular weight is 373 g/mol. The number of aromatic nitrogens is 8. The van der Waals surface area contributed by atoms with E-state index in [2.05, 4.69) is 40.9 Å². The highest BCUT2D eigenvalue weighted by Gasteiger charge is 2.14. The van der Waals surface area contributed by atoms with E-state index in [9.17, 15) is 8.78 Å². The van der Waals surface area contributed by atoms with Gasteiger partial charge in [0.1, 0.15) is 5.82 Å². The zero-order valence-electron chi connectivity index (χ0n) is 14.0. The number of hydrogen-bond donors (Lipinski definition) is 2. The van der Waals surface area contributed by atoms with Crippen LogP contribution in [0.3, 0.4) is 0 Å². The number of benzene rings is 1. The van der Waals surface area contributed by atoms with Crippen molar-refractivity contribution in [3.8, 4) is 11.8 Å². The van der Waals surface area contributed by atoms with Gasteiger partial charge in [-0.3, -0.25) is 5.10 Å². The molecule has 3 aromatic heterocycles. The summed E-state index contributed by atoms with van der Waals surface area (Å²) in [4.78, 5) is 9.64. The number of tetrazole rings is 1. The van der Waals surface area contributed by atoms with Crippen LogP contribution in [0.25, 0.3) is 11.0 Å². The van der Waals surface area contributed by atoms with Crippen molar-refractivity contribution in [1.29, 1.82) is 0 Å². The largest absolute Gasteiger partial charge is 0.421 e. The molecule has 1 atom stereocenters. The molecule has 0 saturated carbocycles. The number of fused-ring (bicyclic) bond motifs is 1. The molecule has 0 radical (unpaired) electrons. The standard InChI is InChI=1S/C15H13F2N9O/c1-8(6-26-20-7-19-25-26)21-13-10-5-18-15(22-14(10)24-23-13)27-12-3-2-9(16)4-11(12)17/h2-5,7-8H,6H2,1H3,(H2,18,21,22,23,24)/t8-/m1/s1. The van der Waals surface area contributed by atoms with Crippen LogP contribution in [0.2, 0.25) is 0 Å². The third kappa shape index (κ3) is 3.63. The number of halogens is 2. The summed E-state index contributed by atoms with van der Waals surface area (Å²) in [5.41, 5.74) is 0.399. The molecule has 4 aromatic rings. The van der Waals surface area contributed by atoms with Gasteiger partial charge >= 0.3 is 6.01 Å². The Hall–Kier alpha value is -3.70. The lowest BCUT2D eigenvalue weighted by molar-refractivity contribution is 0.409. The summed E-state index contributed by atoms with van der Waals surface area (Å²) in [6, 6.07) is 2.83.